The van der Waals surface area contributed by atoms with Crippen LogP contribution in [0.3, 0.4) is 0 Å². The van der Waals surface area contributed by atoms with E-state index in [9.17, 15) is 14.4 Å². The molecule has 0 fully saturated rings. The van der Waals surface area contributed by atoms with E-state index in [4.69, 9.17) is 4.74 Å². The number of carbonyl (C=O) groups is 1. The number of rotatable bonds is 2. The van der Waals surface area contributed by atoms with E-state index in [2.05, 4.69) is 4.98 Å². The summed E-state index contributed by atoms with van der Waals surface area (Å²) in [4.78, 5) is 38.5. The molecule has 2 heterocycles. The minimum Gasteiger partial charge on any atom is -0.461 e. The average Bonchev–Trinajstić information content (AvgIpc) is 2.72. The lowest BCUT2D eigenvalue weighted by molar-refractivity contribution is 0.0519. The summed E-state index contributed by atoms with van der Waals surface area (Å²) >= 11 is 0. The first-order valence-electron chi connectivity index (χ1n) is 5.85. The molecule has 0 aliphatic rings. The third kappa shape index (κ3) is 1.78. The average molecular weight is 265 g/mol. The molecule has 0 aliphatic heterocycles. The van der Waals surface area contributed by atoms with Gasteiger partial charge in [0.1, 0.15) is 11.3 Å². The van der Waals surface area contributed by atoms with E-state index < -0.39 is 17.2 Å². The van der Waals surface area contributed by atoms with Crippen molar-refractivity contribution in [3.8, 4) is 0 Å². The monoisotopic (exact) mass is 265 g/mol. The smallest absolute Gasteiger partial charge is 0.355 e. The van der Waals surface area contributed by atoms with Crippen LogP contribution >= 0.6 is 0 Å². The molecule has 0 amide bonds. The van der Waals surface area contributed by atoms with Gasteiger partial charge in [-0.25, -0.2) is 9.59 Å². The molecule has 7 nitrogen and oxygen atoms in total. The van der Waals surface area contributed by atoms with Gasteiger partial charge >= 0.3 is 11.7 Å². The number of hydrogen-bond acceptors (Lipinski definition) is 4. The van der Waals surface area contributed by atoms with E-state index in [1.165, 1.54) is 18.7 Å². The summed E-state index contributed by atoms with van der Waals surface area (Å²) in [6.45, 7) is 3.59. The number of aryl methyl sites for hydroxylation is 2. The summed E-state index contributed by atoms with van der Waals surface area (Å²) in [7, 11) is 2.94. The van der Waals surface area contributed by atoms with Gasteiger partial charge < -0.3 is 9.72 Å². The maximum atomic E-state index is 12.1. The van der Waals surface area contributed by atoms with Gasteiger partial charge in [0.15, 0.2) is 0 Å². The van der Waals surface area contributed by atoms with E-state index in [0.717, 1.165) is 4.57 Å². The Labute approximate surface area is 108 Å². The number of carbonyl (C=O) groups excluding carboxylic acids is 1. The van der Waals surface area contributed by atoms with Crippen LogP contribution in [0.2, 0.25) is 0 Å². The second-order valence-electron chi connectivity index (χ2n) is 4.27. The number of H-pyrrole nitrogens is 1. The Balaban J connectivity index is 2.89. The predicted octanol–water partition coefficient (Wildman–Crippen LogP) is 0.0504. The fourth-order valence-electron chi connectivity index (χ4n) is 2.07. The van der Waals surface area contributed by atoms with Crippen LogP contribution in [0.1, 0.15) is 23.0 Å². The van der Waals surface area contributed by atoms with Crippen LogP contribution in [0.5, 0.6) is 0 Å². The summed E-state index contributed by atoms with van der Waals surface area (Å²) in [5.74, 6) is -0.536. The molecule has 2 rings (SSSR count). The molecule has 7 heteroatoms. The van der Waals surface area contributed by atoms with Crippen molar-refractivity contribution >= 4 is 17.0 Å². The number of hydrogen-bond donors (Lipinski definition) is 1. The van der Waals surface area contributed by atoms with Gasteiger partial charge in [-0.3, -0.25) is 13.9 Å². The molecule has 0 bridgehead atoms. The third-order valence-electron chi connectivity index (χ3n) is 3.14. The van der Waals surface area contributed by atoms with Crippen LogP contribution in [0.15, 0.2) is 9.59 Å². The zero-order chi connectivity index (χ0) is 14.3. The van der Waals surface area contributed by atoms with Crippen molar-refractivity contribution in [3.05, 3.63) is 32.1 Å². The predicted molar refractivity (Wildman–Crippen MR) is 69.5 cm³/mol. The molecular formula is C12H15N3O4. The van der Waals surface area contributed by atoms with Crippen LogP contribution in [-0.2, 0) is 18.8 Å². The van der Waals surface area contributed by atoms with Gasteiger partial charge in [0.2, 0.25) is 0 Å². The molecule has 0 radical (unpaired) electrons. The van der Waals surface area contributed by atoms with Gasteiger partial charge in [0.25, 0.3) is 5.56 Å². The lowest BCUT2D eigenvalue weighted by atomic mass is 10.2. The molecule has 1 N–H and O–H groups in total. The molecule has 19 heavy (non-hydrogen) atoms. The first kappa shape index (κ1) is 13.1. The van der Waals surface area contributed by atoms with Crippen LogP contribution in [-0.4, -0.2) is 26.7 Å². The number of ether oxygens (including phenoxy) is 1. The molecule has 2 aromatic rings. The Morgan fingerprint density at radius 1 is 1.26 bits per heavy atom. The highest BCUT2D eigenvalue weighted by atomic mass is 16.5. The lowest BCUT2D eigenvalue weighted by Crippen LogP contribution is -2.36. The molecule has 0 saturated carbocycles. The van der Waals surface area contributed by atoms with Crippen molar-refractivity contribution in [1.82, 2.24) is 14.1 Å². The number of aromatic amines is 1. The van der Waals surface area contributed by atoms with Gasteiger partial charge in [-0.05, 0) is 19.4 Å². The summed E-state index contributed by atoms with van der Waals surface area (Å²) in [6, 6.07) is 0. The minimum atomic E-state index is -0.536. The van der Waals surface area contributed by atoms with Crippen LogP contribution in [0.25, 0.3) is 11.0 Å². The maximum Gasteiger partial charge on any atom is 0.355 e. The lowest BCUT2D eigenvalue weighted by Gasteiger charge is -2.02. The van der Waals surface area contributed by atoms with E-state index in [0.29, 0.717) is 16.6 Å². The molecule has 0 aromatic carbocycles. The molecule has 2 aromatic heterocycles. The fourth-order valence-corrected chi connectivity index (χ4v) is 2.07. The van der Waals surface area contributed by atoms with E-state index >= 15 is 0 Å². The summed E-state index contributed by atoms with van der Waals surface area (Å²) in [6.07, 6.45) is 0. The van der Waals surface area contributed by atoms with Gasteiger partial charge in [0.05, 0.1) is 12.0 Å². The summed E-state index contributed by atoms with van der Waals surface area (Å²) < 4.78 is 7.22. The number of esters is 1. The highest BCUT2D eigenvalue weighted by Crippen LogP contribution is 2.17. The molecule has 0 spiro atoms. The second kappa shape index (κ2) is 4.42. The Bertz CT molecular complexity index is 779. The van der Waals surface area contributed by atoms with E-state index in [1.807, 2.05) is 0 Å². The molecule has 0 aliphatic carbocycles. The van der Waals surface area contributed by atoms with Crippen molar-refractivity contribution in [2.75, 3.05) is 6.61 Å². The Kier molecular flexibility index (Phi) is 3.05. The summed E-state index contributed by atoms with van der Waals surface area (Å²) in [5, 5.41) is 0.327. The standard InChI is InChI=1S/C12H15N3O4/c1-5-19-11(17)8-6(2)7-9(13-8)14(3)12(18)15(4)10(7)16/h13H,5H2,1-4H3. The normalized spacial score (nSPS) is 10.9. The quantitative estimate of drug-likeness (QED) is 0.777. The topological polar surface area (TPSA) is 86.1 Å². The van der Waals surface area contributed by atoms with E-state index in [-0.39, 0.29) is 12.3 Å². The van der Waals surface area contributed by atoms with Crippen molar-refractivity contribution in [3.63, 3.8) is 0 Å². The Hall–Kier alpha value is -2.31. The van der Waals surface area contributed by atoms with Crippen LogP contribution in [0, 0.1) is 6.92 Å². The number of nitrogens with zero attached hydrogens (tertiary/aromatic N) is 2. The minimum absolute atomic E-state index is 0.204. The van der Waals surface area contributed by atoms with Crippen molar-refractivity contribution in [1.29, 1.82) is 0 Å². The SMILES string of the molecule is CCOC(=O)c1[nH]c2c(c1C)c(=O)n(C)c(=O)n2C. The molecular weight excluding hydrogens is 250 g/mol. The van der Waals surface area contributed by atoms with Crippen molar-refractivity contribution in [2.45, 2.75) is 13.8 Å². The second-order valence-corrected chi connectivity index (χ2v) is 4.27. The van der Waals surface area contributed by atoms with Gasteiger partial charge in [-0.2, -0.15) is 0 Å². The fraction of sp³-hybridized carbons (Fsp3) is 0.417. The molecule has 0 saturated heterocycles. The first-order valence-corrected chi connectivity index (χ1v) is 5.85. The zero-order valence-corrected chi connectivity index (χ0v) is 11.2. The largest absolute Gasteiger partial charge is 0.461 e. The molecule has 0 atom stereocenters. The Morgan fingerprint density at radius 2 is 1.89 bits per heavy atom. The van der Waals surface area contributed by atoms with E-state index in [1.54, 1.807) is 13.8 Å². The van der Waals surface area contributed by atoms with Gasteiger partial charge in [-0.1, -0.05) is 0 Å². The summed E-state index contributed by atoms with van der Waals surface area (Å²) in [5.41, 5.74) is 0.144. The molecule has 0 unspecified atom stereocenters. The van der Waals surface area contributed by atoms with Gasteiger partial charge in [0, 0.05) is 14.1 Å². The van der Waals surface area contributed by atoms with Crippen LogP contribution < -0.4 is 11.2 Å². The maximum absolute atomic E-state index is 12.1. The van der Waals surface area contributed by atoms with Crippen molar-refractivity contribution in [2.24, 2.45) is 14.1 Å². The Morgan fingerprint density at radius 3 is 2.47 bits per heavy atom. The highest BCUT2D eigenvalue weighted by molar-refractivity contribution is 5.96. The molecule has 102 valence electrons. The van der Waals surface area contributed by atoms with Gasteiger partial charge in [-0.15, -0.1) is 0 Å². The highest BCUT2D eigenvalue weighted by Gasteiger charge is 2.20. The number of aromatic nitrogens is 3. The number of fused-ring (bicyclic) bond motifs is 1. The third-order valence-corrected chi connectivity index (χ3v) is 3.14. The first-order chi connectivity index (χ1) is 8.90. The van der Waals surface area contributed by atoms with Crippen molar-refractivity contribution < 1.29 is 9.53 Å². The number of nitrogens with one attached hydrogen (secondary N) is 1. The zero-order valence-electron chi connectivity index (χ0n) is 11.2. The van der Waals surface area contributed by atoms with Crippen LogP contribution in [0.4, 0.5) is 0 Å².